The van der Waals surface area contributed by atoms with Crippen LogP contribution in [0.5, 0.6) is 0 Å². The van der Waals surface area contributed by atoms with Crippen LogP contribution in [-0.4, -0.2) is 17.9 Å². The topological polar surface area (TPSA) is 44.1 Å². The first-order valence-electron chi connectivity index (χ1n) is 5.65. The fourth-order valence-electron chi connectivity index (χ4n) is 1.59. The van der Waals surface area contributed by atoms with Crippen LogP contribution in [0.2, 0.25) is 0 Å². The highest BCUT2D eigenvalue weighted by molar-refractivity contribution is 7.10. The number of amides is 1. The average Bonchev–Trinajstić information content (AvgIpc) is 2.64. The molecule has 92 valence electrons. The van der Waals surface area contributed by atoms with Crippen molar-refractivity contribution in [2.45, 2.75) is 27.3 Å². The van der Waals surface area contributed by atoms with Gasteiger partial charge in [-0.05, 0) is 29.9 Å². The first-order chi connectivity index (χ1) is 7.97. The van der Waals surface area contributed by atoms with Gasteiger partial charge in [0.25, 0.3) is 0 Å². The summed E-state index contributed by atoms with van der Waals surface area (Å²) in [4.78, 5) is 14.9. The zero-order valence-electron chi connectivity index (χ0n) is 10.7. The molecule has 1 rings (SSSR count). The van der Waals surface area contributed by atoms with E-state index >= 15 is 0 Å². The third-order valence-electron chi connectivity index (χ3n) is 2.80. The van der Waals surface area contributed by atoms with Gasteiger partial charge in [0.05, 0.1) is 12.6 Å². The molecule has 0 saturated heterocycles. The lowest BCUT2D eigenvalue weighted by Crippen LogP contribution is -2.34. The van der Waals surface area contributed by atoms with Crippen molar-refractivity contribution in [3.05, 3.63) is 21.9 Å². The van der Waals surface area contributed by atoms with E-state index < -0.39 is 5.92 Å². The third-order valence-corrected chi connectivity index (χ3v) is 3.80. The lowest BCUT2D eigenvalue weighted by molar-refractivity contribution is -0.134. The van der Waals surface area contributed by atoms with Crippen LogP contribution in [0.15, 0.2) is 11.4 Å². The maximum Gasteiger partial charge on any atom is 0.240 e. The van der Waals surface area contributed by atoms with Gasteiger partial charge in [0.2, 0.25) is 5.91 Å². The number of carbonyl (C=O) groups excluding carboxylic acids is 1. The molecule has 0 aliphatic heterocycles. The molecule has 0 bridgehead atoms. The van der Waals surface area contributed by atoms with Crippen LogP contribution in [0.3, 0.4) is 0 Å². The van der Waals surface area contributed by atoms with Gasteiger partial charge < -0.3 is 4.90 Å². The first kappa shape index (κ1) is 13.7. The van der Waals surface area contributed by atoms with Crippen LogP contribution in [0.25, 0.3) is 0 Å². The van der Waals surface area contributed by atoms with Crippen molar-refractivity contribution in [2.24, 2.45) is 11.8 Å². The largest absolute Gasteiger partial charge is 0.339 e. The molecular formula is C13H18N2OS. The number of rotatable bonds is 4. The first-order valence-corrected chi connectivity index (χ1v) is 6.53. The number of hydrogen-bond donors (Lipinski definition) is 0. The Bertz CT molecular complexity index is 431. The number of nitrogens with zero attached hydrogens (tertiary/aromatic N) is 2. The van der Waals surface area contributed by atoms with E-state index in [1.54, 1.807) is 23.3 Å². The summed E-state index contributed by atoms with van der Waals surface area (Å²) in [7, 11) is 1.76. The summed E-state index contributed by atoms with van der Waals surface area (Å²) in [5.41, 5.74) is 1.20. The maximum absolute atomic E-state index is 12.1. The van der Waals surface area contributed by atoms with Crippen LogP contribution in [0.1, 0.15) is 24.3 Å². The Morgan fingerprint density at radius 1 is 1.59 bits per heavy atom. The summed E-state index contributed by atoms with van der Waals surface area (Å²) in [6.45, 7) is 6.42. The Morgan fingerprint density at radius 2 is 2.24 bits per heavy atom. The van der Waals surface area contributed by atoms with Crippen molar-refractivity contribution >= 4 is 17.2 Å². The summed E-state index contributed by atoms with van der Waals surface area (Å²) in [6, 6.07) is 4.13. The van der Waals surface area contributed by atoms with Crippen LogP contribution in [0, 0.1) is 30.1 Å². The fourth-order valence-corrected chi connectivity index (χ4v) is 2.54. The Morgan fingerprint density at radius 3 is 2.65 bits per heavy atom. The van der Waals surface area contributed by atoms with Gasteiger partial charge in [-0.3, -0.25) is 4.79 Å². The number of aryl methyl sites for hydroxylation is 1. The van der Waals surface area contributed by atoms with Crippen LogP contribution in [-0.2, 0) is 11.3 Å². The van der Waals surface area contributed by atoms with E-state index in [1.807, 2.05) is 32.2 Å². The lowest BCUT2D eigenvalue weighted by atomic mass is 9.96. The number of hydrogen-bond acceptors (Lipinski definition) is 3. The molecule has 0 aromatic carbocycles. The zero-order chi connectivity index (χ0) is 13.0. The van der Waals surface area contributed by atoms with Gasteiger partial charge in [-0.2, -0.15) is 5.26 Å². The van der Waals surface area contributed by atoms with E-state index in [0.717, 1.165) is 0 Å². The van der Waals surface area contributed by atoms with E-state index in [9.17, 15) is 4.79 Å². The Kier molecular flexibility index (Phi) is 4.71. The van der Waals surface area contributed by atoms with E-state index in [2.05, 4.69) is 6.07 Å². The molecule has 0 aliphatic rings. The highest BCUT2D eigenvalue weighted by atomic mass is 32.1. The highest BCUT2D eigenvalue weighted by Gasteiger charge is 2.25. The predicted molar refractivity (Wildman–Crippen MR) is 69.5 cm³/mol. The van der Waals surface area contributed by atoms with Crippen molar-refractivity contribution in [1.29, 1.82) is 5.26 Å². The molecule has 0 spiro atoms. The molecule has 1 amide bonds. The maximum atomic E-state index is 12.1. The molecule has 1 aromatic rings. The normalized spacial score (nSPS) is 12.2. The van der Waals surface area contributed by atoms with Gasteiger partial charge in [-0.15, -0.1) is 11.3 Å². The van der Waals surface area contributed by atoms with Crippen molar-refractivity contribution in [3.8, 4) is 6.07 Å². The van der Waals surface area contributed by atoms with Gasteiger partial charge in [-0.1, -0.05) is 13.8 Å². The number of carbonyl (C=O) groups is 1. The van der Waals surface area contributed by atoms with E-state index in [0.29, 0.717) is 6.54 Å². The molecular weight excluding hydrogens is 232 g/mol. The lowest BCUT2D eigenvalue weighted by Gasteiger charge is -2.21. The van der Waals surface area contributed by atoms with Crippen molar-refractivity contribution < 1.29 is 4.79 Å². The fraction of sp³-hybridized carbons (Fsp3) is 0.538. The number of thiophene rings is 1. The minimum Gasteiger partial charge on any atom is -0.339 e. The van der Waals surface area contributed by atoms with Gasteiger partial charge in [0.15, 0.2) is 0 Å². The molecule has 1 atom stereocenters. The Balaban J connectivity index is 2.71. The highest BCUT2D eigenvalue weighted by Crippen LogP contribution is 2.19. The molecule has 1 unspecified atom stereocenters. The molecule has 4 heteroatoms. The molecule has 1 aromatic heterocycles. The minimum atomic E-state index is -0.541. The standard InChI is InChI=1S/C13H18N2OS/c1-9(2)11(7-14)13(16)15(4)8-12-10(3)5-6-17-12/h5-6,9,11H,8H2,1-4H3. The van der Waals surface area contributed by atoms with E-state index in [1.165, 1.54) is 10.4 Å². The molecule has 3 nitrogen and oxygen atoms in total. The Labute approximate surface area is 107 Å². The van der Waals surface area contributed by atoms with Crippen LogP contribution in [0.4, 0.5) is 0 Å². The van der Waals surface area contributed by atoms with Crippen LogP contribution < -0.4 is 0 Å². The monoisotopic (exact) mass is 250 g/mol. The molecule has 0 aliphatic carbocycles. The number of nitriles is 1. The molecule has 0 N–H and O–H groups in total. The second-order valence-corrected chi connectivity index (χ2v) is 5.57. The summed E-state index contributed by atoms with van der Waals surface area (Å²) in [5.74, 6) is -0.574. The van der Waals surface area contributed by atoms with Gasteiger partial charge in [-0.25, -0.2) is 0 Å². The molecule has 0 fully saturated rings. The van der Waals surface area contributed by atoms with Gasteiger partial charge in [0.1, 0.15) is 5.92 Å². The Hall–Kier alpha value is -1.34. The van der Waals surface area contributed by atoms with Gasteiger partial charge in [0, 0.05) is 11.9 Å². The molecule has 17 heavy (non-hydrogen) atoms. The zero-order valence-corrected chi connectivity index (χ0v) is 11.5. The predicted octanol–water partition coefficient (Wildman–Crippen LogP) is 2.81. The van der Waals surface area contributed by atoms with Crippen molar-refractivity contribution in [2.75, 3.05) is 7.05 Å². The second-order valence-electron chi connectivity index (χ2n) is 4.57. The van der Waals surface area contributed by atoms with Gasteiger partial charge >= 0.3 is 0 Å². The van der Waals surface area contributed by atoms with Crippen LogP contribution >= 0.6 is 11.3 Å². The summed E-state index contributed by atoms with van der Waals surface area (Å²) < 4.78 is 0. The molecule has 0 radical (unpaired) electrons. The molecule has 0 saturated carbocycles. The SMILES string of the molecule is Cc1ccsc1CN(C)C(=O)C(C#N)C(C)C. The quantitative estimate of drug-likeness (QED) is 0.824. The third kappa shape index (κ3) is 3.31. The smallest absolute Gasteiger partial charge is 0.240 e. The van der Waals surface area contributed by atoms with E-state index in [4.69, 9.17) is 5.26 Å². The van der Waals surface area contributed by atoms with Crippen molar-refractivity contribution in [1.82, 2.24) is 4.90 Å². The summed E-state index contributed by atoms with van der Waals surface area (Å²) in [6.07, 6.45) is 0. The second kappa shape index (κ2) is 5.83. The summed E-state index contributed by atoms with van der Waals surface area (Å²) >= 11 is 1.65. The average molecular weight is 250 g/mol. The molecule has 1 heterocycles. The van der Waals surface area contributed by atoms with Crippen molar-refractivity contribution in [3.63, 3.8) is 0 Å². The van der Waals surface area contributed by atoms with E-state index in [-0.39, 0.29) is 11.8 Å². The minimum absolute atomic E-state index is 0.0550. The summed E-state index contributed by atoms with van der Waals surface area (Å²) in [5, 5.41) is 11.0.